The predicted molar refractivity (Wildman–Crippen MR) is 57.2 cm³/mol. The van der Waals surface area contributed by atoms with Gasteiger partial charge in [0.25, 0.3) is 0 Å². The zero-order valence-corrected chi connectivity index (χ0v) is 8.96. The number of rotatable bonds is 2. The first kappa shape index (κ1) is 8.54. The Balaban J connectivity index is 1.87. The van der Waals surface area contributed by atoms with E-state index in [1.807, 2.05) is 0 Å². The Kier molecular flexibility index (Phi) is 1.75. The summed E-state index contributed by atoms with van der Waals surface area (Å²) in [7, 11) is 2.12. The number of hydrogen-bond acceptors (Lipinski definition) is 1. The lowest BCUT2D eigenvalue weighted by Crippen LogP contribution is -2.25. The second-order valence-electron chi connectivity index (χ2n) is 5.00. The van der Waals surface area contributed by atoms with E-state index in [1.54, 1.807) is 11.1 Å². The number of aryl methyl sites for hydroxylation is 1. The molecular weight excluding hydrogens is 172 g/mol. The van der Waals surface area contributed by atoms with Gasteiger partial charge in [0.2, 0.25) is 0 Å². The van der Waals surface area contributed by atoms with Gasteiger partial charge in [0.1, 0.15) is 0 Å². The molecule has 2 heteroatoms. The smallest absolute Gasteiger partial charge is 0.0369 e. The summed E-state index contributed by atoms with van der Waals surface area (Å²) < 4.78 is 2.19. The molecule has 1 heterocycles. The number of fused-ring (bicyclic) bond motifs is 1. The van der Waals surface area contributed by atoms with Gasteiger partial charge in [0, 0.05) is 31.5 Å². The molecule has 3 rings (SSSR count). The third-order valence-electron chi connectivity index (χ3n) is 3.51. The maximum absolute atomic E-state index is 3.76. The molecule has 2 atom stereocenters. The van der Waals surface area contributed by atoms with Crippen molar-refractivity contribution in [2.75, 3.05) is 0 Å². The third-order valence-corrected chi connectivity index (χ3v) is 3.51. The Labute approximate surface area is 85.3 Å². The molecule has 0 spiro atoms. The van der Waals surface area contributed by atoms with Crippen LogP contribution in [0.4, 0.5) is 0 Å². The van der Waals surface area contributed by atoms with Gasteiger partial charge < -0.3 is 9.88 Å². The molecule has 1 saturated carbocycles. The van der Waals surface area contributed by atoms with Crippen molar-refractivity contribution in [1.82, 2.24) is 9.88 Å². The Morgan fingerprint density at radius 1 is 1.36 bits per heavy atom. The van der Waals surface area contributed by atoms with Gasteiger partial charge in [-0.15, -0.1) is 0 Å². The molecule has 2 aliphatic rings. The summed E-state index contributed by atoms with van der Waals surface area (Å²) in [5.41, 5.74) is 3.10. The molecule has 1 aromatic heterocycles. The quantitative estimate of drug-likeness (QED) is 0.755. The average molecular weight is 190 g/mol. The normalized spacial score (nSPS) is 30.7. The van der Waals surface area contributed by atoms with Gasteiger partial charge in [-0.1, -0.05) is 6.92 Å². The van der Waals surface area contributed by atoms with Crippen LogP contribution in [0.25, 0.3) is 0 Å². The number of hydrogen-bond donors (Lipinski definition) is 1. The fourth-order valence-corrected chi connectivity index (χ4v) is 2.64. The van der Waals surface area contributed by atoms with Crippen molar-refractivity contribution < 1.29 is 0 Å². The molecule has 0 bridgehead atoms. The van der Waals surface area contributed by atoms with Crippen LogP contribution >= 0.6 is 0 Å². The van der Waals surface area contributed by atoms with E-state index in [9.17, 15) is 0 Å². The van der Waals surface area contributed by atoms with E-state index in [4.69, 9.17) is 0 Å². The minimum Gasteiger partial charge on any atom is -0.357 e. The molecule has 76 valence electrons. The van der Waals surface area contributed by atoms with E-state index < -0.39 is 0 Å². The number of nitrogens with zero attached hydrogens (tertiary/aromatic N) is 1. The van der Waals surface area contributed by atoms with Crippen LogP contribution in [0.5, 0.6) is 0 Å². The summed E-state index contributed by atoms with van der Waals surface area (Å²) in [6.45, 7) is 2.36. The average Bonchev–Trinajstić information content (AvgIpc) is 2.81. The van der Waals surface area contributed by atoms with Crippen LogP contribution in [0.1, 0.15) is 36.9 Å². The van der Waals surface area contributed by atoms with Gasteiger partial charge in [-0.2, -0.15) is 0 Å². The summed E-state index contributed by atoms with van der Waals surface area (Å²) in [5, 5.41) is 3.76. The zero-order chi connectivity index (χ0) is 9.71. The highest BCUT2D eigenvalue weighted by molar-refractivity contribution is 5.34. The summed E-state index contributed by atoms with van der Waals surface area (Å²) in [6.07, 6.45) is 8.58. The van der Waals surface area contributed by atoms with Crippen LogP contribution in [0.15, 0.2) is 12.4 Å². The van der Waals surface area contributed by atoms with E-state index in [2.05, 4.69) is 36.2 Å². The van der Waals surface area contributed by atoms with Crippen molar-refractivity contribution in [2.45, 2.75) is 38.3 Å². The summed E-state index contributed by atoms with van der Waals surface area (Å²) in [6, 6.07) is 1.44. The second-order valence-corrected chi connectivity index (χ2v) is 5.00. The van der Waals surface area contributed by atoms with Crippen molar-refractivity contribution in [1.29, 1.82) is 0 Å². The lowest BCUT2D eigenvalue weighted by molar-refractivity contribution is 0.411. The summed E-state index contributed by atoms with van der Waals surface area (Å²) >= 11 is 0. The molecule has 0 amide bonds. The maximum Gasteiger partial charge on any atom is 0.0369 e. The fourth-order valence-electron chi connectivity index (χ4n) is 2.64. The van der Waals surface area contributed by atoms with Gasteiger partial charge in [-0.25, -0.2) is 0 Å². The molecule has 1 fully saturated rings. The van der Waals surface area contributed by atoms with E-state index in [-0.39, 0.29) is 0 Å². The third kappa shape index (κ3) is 1.29. The number of nitrogens with one attached hydrogen (secondary N) is 1. The Hall–Kier alpha value is -0.760. The lowest BCUT2D eigenvalue weighted by Gasteiger charge is -2.18. The van der Waals surface area contributed by atoms with Gasteiger partial charge in [-0.05, 0) is 36.3 Å². The van der Waals surface area contributed by atoms with Crippen LogP contribution in [0, 0.1) is 5.92 Å². The second kappa shape index (κ2) is 2.86. The molecule has 0 aliphatic heterocycles. The van der Waals surface area contributed by atoms with Gasteiger partial charge in [0.05, 0.1) is 0 Å². The first-order chi connectivity index (χ1) is 6.74. The van der Waals surface area contributed by atoms with Crippen LogP contribution in [0.3, 0.4) is 0 Å². The first-order valence-electron chi connectivity index (χ1n) is 5.65. The monoisotopic (exact) mass is 190 g/mol. The minimum absolute atomic E-state index is 0.624. The Morgan fingerprint density at radius 3 is 2.86 bits per heavy atom. The van der Waals surface area contributed by atoms with Crippen LogP contribution in [0.2, 0.25) is 0 Å². The Morgan fingerprint density at radius 2 is 2.14 bits per heavy atom. The van der Waals surface area contributed by atoms with Crippen LogP contribution in [-0.2, 0) is 13.5 Å². The van der Waals surface area contributed by atoms with E-state index in [0.717, 1.165) is 12.0 Å². The van der Waals surface area contributed by atoms with Crippen molar-refractivity contribution in [3.8, 4) is 0 Å². The van der Waals surface area contributed by atoms with Gasteiger partial charge in [0.15, 0.2) is 0 Å². The minimum atomic E-state index is 0.624. The van der Waals surface area contributed by atoms with Gasteiger partial charge in [-0.3, -0.25) is 0 Å². The summed E-state index contributed by atoms with van der Waals surface area (Å²) in [5.74, 6) is 0.779. The van der Waals surface area contributed by atoms with Gasteiger partial charge >= 0.3 is 0 Å². The molecule has 1 N–H and O–H groups in total. The molecule has 14 heavy (non-hydrogen) atoms. The van der Waals surface area contributed by atoms with E-state index in [0.29, 0.717) is 6.04 Å². The highest BCUT2D eigenvalue weighted by Crippen LogP contribution is 2.38. The first-order valence-corrected chi connectivity index (χ1v) is 5.65. The van der Waals surface area contributed by atoms with Crippen LogP contribution in [-0.4, -0.2) is 10.6 Å². The molecule has 2 aliphatic carbocycles. The fraction of sp³-hybridized carbons (Fsp3) is 0.667. The molecule has 0 aromatic carbocycles. The summed E-state index contributed by atoms with van der Waals surface area (Å²) in [4.78, 5) is 0. The van der Waals surface area contributed by atoms with E-state index in [1.165, 1.54) is 19.3 Å². The maximum atomic E-state index is 3.76. The molecule has 2 unspecified atom stereocenters. The van der Waals surface area contributed by atoms with Crippen LogP contribution < -0.4 is 5.32 Å². The molecule has 0 saturated heterocycles. The predicted octanol–water partition coefficient (Wildman–Crippen LogP) is 2.01. The zero-order valence-electron chi connectivity index (χ0n) is 8.96. The largest absolute Gasteiger partial charge is 0.357 e. The standard InChI is InChI=1S/C12H18N2/c1-8-5-9-6-14(2)7-11(9)12(8)13-10-3-4-10/h6-8,10,12-13H,3-5H2,1-2H3. The lowest BCUT2D eigenvalue weighted by atomic mass is 10.0. The topological polar surface area (TPSA) is 17.0 Å². The van der Waals surface area contributed by atoms with E-state index >= 15 is 0 Å². The Bertz CT molecular complexity index is 349. The number of aromatic nitrogens is 1. The molecule has 1 aromatic rings. The van der Waals surface area contributed by atoms with Crippen molar-refractivity contribution >= 4 is 0 Å². The highest BCUT2D eigenvalue weighted by Gasteiger charge is 2.34. The van der Waals surface area contributed by atoms with Crippen molar-refractivity contribution in [3.63, 3.8) is 0 Å². The molecule has 0 radical (unpaired) electrons. The SMILES string of the molecule is CC1Cc2cn(C)cc2C1NC1CC1. The highest BCUT2D eigenvalue weighted by atomic mass is 15.0. The van der Waals surface area contributed by atoms with Crippen molar-refractivity contribution in [2.24, 2.45) is 13.0 Å². The molecule has 2 nitrogen and oxygen atoms in total. The van der Waals surface area contributed by atoms with Crippen molar-refractivity contribution in [3.05, 3.63) is 23.5 Å². The molecular formula is C12H18N2.